The van der Waals surface area contributed by atoms with E-state index in [1.165, 1.54) is 18.1 Å². The molecule has 0 spiro atoms. The number of piperidine rings is 1. The number of piperazine rings is 1. The van der Waals surface area contributed by atoms with Gasteiger partial charge in [0.2, 0.25) is 5.91 Å². The minimum atomic E-state index is -2.36. The Bertz CT molecular complexity index is 3420. The molecular weight excluding hydrogens is 1140 g/mol. The number of nitrogens with zero attached hydrogens (tertiary/aromatic N) is 8. The third-order valence-electron chi connectivity index (χ3n) is 18.3. The maximum atomic E-state index is 18.2. The van der Waals surface area contributed by atoms with E-state index in [1.54, 1.807) is 42.6 Å². The summed E-state index contributed by atoms with van der Waals surface area (Å²) in [5.41, 5.74) is 5.10. The molecule has 3 aromatic carbocycles. The molecule has 0 saturated carbocycles. The van der Waals surface area contributed by atoms with Crippen LogP contribution in [0.5, 0.6) is 11.8 Å². The van der Waals surface area contributed by atoms with Crippen molar-refractivity contribution in [1.29, 1.82) is 0 Å². The number of ether oxygens (including phenoxy) is 4. The van der Waals surface area contributed by atoms with Crippen LogP contribution >= 0.6 is 11.6 Å². The number of hydrogen-bond donors (Lipinski definition) is 1. The van der Waals surface area contributed by atoms with Gasteiger partial charge in [-0.25, -0.2) is 18.4 Å². The summed E-state index contributed by atoms with van der Waals surface area (Å²) in [6.45, 7) is 23.0. The zero-order valence-electron chi connectivity index (χ0n) is 51.4. The summed E-state index contributed by atoms with van der Waals surface area (Å²) >= 11 is 6.48. The standard InChI is InChI=1S/C65H82ClF2N9O8Si/c1-39(2)86(40(3)4,41(5)6)30-24-49-53(67)20-16-43-31-48(84-38-82-10)33-50(56(43)49)58-57(68)59-51(34-69-58)60(75-35-45-17-18-46(36-75)77(45)64(81)85-65(7,8)9)72-62(71-59)83-37-47-14-12-26-73(47)25-11-13-42-21-27-74(28-22-42)61(79)44-15-19-52(66)54(32-44)76-29-23-55(78)70-63(76)80/h15-16,19-20,31-34,39-42,45-47H,11-14,17-18,21-23,25-29,35-38H2,1-10H3,(H,70,78,80)/t45?,46?,47-/m0/s1. The highest BCUT2D eigenvalue weighted by atomic mass is 35.5. The topological polar surface area (TPSA) is 172 Å². The van der Waals surface area contributed by atoms with Gasteiger partial charge in [0.25, 0.3) is 5.91 Å². The minimum absolute atomic E-state index is 0.0117. The first-order valence-corrected chi connectivity index (χ1v) is 33.3. The van der Waals surface area contributed by atoms with Crippen molar-refractivity contribution in [2.75, 3.05) is 76.1 Å². The second-order valence-electron chi connectivity index (χ2n) is 25.8. The largest absolute Gasteiger partial charge is 0.468 e. The zero-order chi connectivity index (χ0) is 61.4. The molecule has 5 aromatic rings. The van der Waals surface area contributed by atoms with E-state index in [0.29, 0.717) is 76.1 Å². The van der Waals surface area contributed by atoms with Crippen LogP contribution in [-0.4, -0.2) is 152 Å². The number of amides is 5. The van der Waals surface area contributed by atoms with Crippen molar-refractivity contribution in [3.05, 3.63) is 76.4 Å². The van der Waals surface area contributed by atoms with Gasteiger partial charge in [-0.15, -0.1) is 5.54 Å². The molecule has 3 atom stereocenters. The first kappa shape index (κ1) is 62.4. The summed E-state index contributed by atoms with van der Waals surface area (Å²) in [5.74, 6) is 2.90. The van der Waals surface area contributed by atoms with Crippen molar-refractivity contribution in [1.82, 2.24) is 35.0 Å². The normalized spacial score (nSPS) is 19.7. The lowest BCUT2D eigenvalue weighted by molar-refractivity contribution is -0.120. The van der Waals surface area contributed by atoms with Gasteiger partial charge in [0.15, 0.2) is 12.6 Å². The van der Waals surface area contributed by atoms with Crippen molar-refractivity contribution in [3.8, 4) is 34.5 Å². The molecule has 460 valence electrons. The van der Waals surface area contributed by atoms with E-state index in [1.807, 2.05) is 30.6 Å². The summed E-state index contributed by atoms with van der Waals surface area (Å²) in [6.07, 6.45) is 8.51. The Balaban J connectivity index is 0.906. The summed E-state index contributed by atoms with van der Waals surface area (Å²) in [4.78, 5) is 76.2. The monoisotopic (exact) mass is 1220 g/mol. The van der Waals surface area contributed by atoms with Gasteiger partial charge in [-0.3, -0.25) is 34.6 Å². The molecule has 5 aliphatic heterocycles. The maximum Gasteiger partial charge on any atom is 0.410 e. The molecule has 5 amide bonds. The van der Waals surface area contributed by atoms with Crippen molar-refractivity contribution in [2.24, 2.45) is 5.92 Å². The fourth-order valence-corrected chi connectivity index (χ4v) is 19.6. The third-order valence-corrected chi connectivity index (χ3v) is 24.9. The lowest BCUT2D eigenvalue weighted by atomic mass is 9.91. The fourth-order valence-electron chi connectivity index (χ4n) is 14.1. The number of methoxy groups -OCH3 is 1. The van der Waals surface area contributed by atoms with Gasteiger partial charge >= 0.3 is 18.1 Å². The number of likely N-dealkylation sites (tertiary alicyclic amines) is 2. The van der Waals surface area contributed by atoms with Crippen molar-refractivity contribution in [2.45, 2.75) is 160 Å². The second-order valence-corrected chi connectivity index (χ2v) is 31.8. The molecule has 21 heteroatoms. The van der Waals surface area contributed by atoms with E-state index in [-0.39, 0.29) is 107 Å². The predicted molar refractivity (Wildman–Crippen MR) is 333 cm³/mol. The number of halogens is 3. The van der Waals surface area contributed by atoms with E-state index in [2.05, 4.69) is 68.1 Å². The quantitative estimate of drug-likeness (QED) is 0.0530. The summed E-state index contributed by atoms with van der Waals surface area (Å²) in [7, 11) is -0.848. The van der Waals surface area contributed by atoms with Crippen LogP contribution in [-0.2, 0) is 14.3 Å². The lowest BCUT2D eigenvalue weighted by Gasteiger charge is -2.42. The number of benzene rings is 3. The summed E-state index contributed by atoms with van der Waals surface area (Å²) in [6, 6.07) is 10.6. The number of pyridine rings is 1. The van der Waals surface area contributed by atoms with Crippen molar-refractivity contribution in [3.63, 3.8) is 0 Å². The van der Waals surface area contributed by atoms with E-state index >= 15 is 8.78 Å². The van der Waals surface area contributed by atoms with Crippen LogP contribution in [0.2, 0.25) is 21.6 Å². The van der Waals surface area contributed by atoms with Gasteiger partial charge in [-0.1, -0.05) is 65.1 Å². The van der Waals surface area contributed by atoms with Crippen LogP contribution in [0.3, 0.4) is 0 Å². The van der Waals surface area contributed by atoms with Crippen molar-refractivity contribution >= 4 is 76.8 Å². The van der Waals surface area contributed by atoms with Gasteiger partial charge in [-0.2, -0.15) is 9.97 Å². The molecule has 17 nitrogen and oxygen atoms in total. The molecule has 0 aliphatic carbocycles. The Labute approximate surface area is 509 Å². The van der Waals surface area contributed by atoms with Crippen LogP contribution < -0.4 is 24.6 Å². The second kappa shape index (κ2) is 26.0. The number of carbonyl (C=O) groups is 4. The van der Waals surface area contributed by atoms with Crippen LogP contribution in [0.4, 0.5) is 29.9 Å². The Morgan fingerprint density at radius 3 is 2.28 bits per heavy atom. The average molecular weight is 1220 g/mol. The number of rotatable bonds is 17. The molecule has 0 radical (unpaired) electrons. The first-order valence-electron chi connectivity index (χ1n) is 30.7. The number of nitrogens with one attached hydrogen (secondary N) is 1. The highest BCUT2D eigenvalue weighted by Crippen LogP contribution is 2.44. The third kappa shape index (κ3) is 13.0. The maximum absolute atomic E-state index is 18.2. The molecule has 10 rings (SSSR count). The molecule has 86 heavy (non-hydrogen) atoms. The number of fused-ring (bicyclic) bond motifs is 4. The zero-order valence-corrected chi connectivity index (χ0v) is 53.1. The first-order chi connectivity index (χ1) is 41.0. The van der Waals surface area contributed by atoms with Crippen molar-refractivity contribution < 1.29 is 46.9 Å². The van der Waals surface area contributed by atoms with Gasteiger partial charge in [0.1, 0.15) is 48.9 Å². The number of aromatic nitrogens is 3. The van der Waals surface area contributed by atoms with E-state index < -0.39 is 31.3 Å². The van der Waals surface area contributed by atoms with E-state index in [0.717, 1.165) is 64.5 Å². The number of hydrogen-bond acceptors (Lipinski definition) is 13. The fraction of sp³-hybridized carbons (Fsp3) is 0.554. The lowest BCUT2D eigenvalue weighted by Crippen LogP contribution is -2.57. The molecule has 2 aromatic heterocycles. The van der Waals surface area contributed by atoms with E-state index in [9.17, 15) is 19.2 Å². The molecule has 5 aliphatic rings. The number of carbonyl (C=O) groups excluding carboxylic acids is 4. The predicted octanol–water partition coefficient (Wildman–Crippen LogP) is 12.5. The number of imide groups is 1. The minimum Gasteiger partial charge on any atom is -0.468 e. The molecule has 2 unspecified atom stereocenters. The number of anilines is 2. The van der Waals surface area contributed by atoms with Crippen LogP contribution in [0, 0.1) is 29.0 Å². The molecular formula is C65H82ClF2N9O8Si. The van der Waals surface area contributed by atoms with Gasteiger partial charge in [0.05, 0.1) is 33.7 Å². The van der Waals surface area contributed by atoms with Crippen LogP contribution in [0.1, 0.15) is 136 Å². The molecule has 5 fully saturated rings. The highest BCUT2D eigenvalue weighted by molar-refractivity contribution is 6.90. The summed E-state index contributed by atoms with van der Waals surface area (Å²) < 4.78 is 58.6. The Hall–Kier alpha value is -6.66. The van der Waals surface area contributed by atoms with E-state index in [4.69, 9.17) is 45.5 Å². The number of urea groups is 1. The molecule has 7 heterocycles. The van der Waals surface area contributed by atoms with Crippen LogP contribution in [0.25, 0.3) is 32.9 Å². The smallest absolute Gasteiger partial charge is 0.410 e. The average Bonchev–Trinajstić information content (AvgIpc) is 2.31. The summed E-state index contributed by atoms with van der Waals surface area (Å²) in [5, 5.41) is 4.01. The SMILES string of the molecule is COCOc1cc(-c2ncc3c(N4CC5CCC(C4)N5C(=O)OC(C)(C)C)nc(OC[C@@H]4CCCN4CCCC4CCN(C(=O)c5ccc(Cl)c(N6CCC(=O)NC6=O)c5)CC4)nc3c2F)c2c(C#C[Si](C(C)C)(C(C)C)C(C)C)c(F)ccc2c1. The Morgan fingerprint density at radius 1 is 0.884 bits per heavy atom. The Morgan fingerprint density at radius 2 is 1.60 bits per heavy atom. The Kier molecular flexibility index (Phi) is 18.8. The van der Waals surface area contributed by atoms with Gasteiger partial charge < -0.3 is 28.7 Å². The van der Waals surface area contributed by atoms with Gasteiger partial charge in [0, 0.05) is 75.0 Å². The van der Waals surface area contributed by atoms with Crippen LogP contribution in [0.15, 0.2) is 48.7 Å². The molecule has 2 bridgehead atoms. The highest BCUT2D eigenvalue weighted by Gasteiger charge is 2.46. The molecule has 1 N–H and O–H groups in total. The molecule has 5 saturated heterocycles. The van der Waals surface area contributed by atoms with Gasteiger partial charge in [-0.05, 0) is 150 Å².